The number of fused-ring (bicyclic) bond motifs is 1. The van der Waals surface area contributed by atoms with Gasteiger partial charge in [0, 0.05) is 29.4 Å². The third-order valence-electron chi connectivity index (χ3n) is 5.58. The van der Waals surface area contributed by atoms with Crippen molar-refractivity contribution in [2.75, 3.05) is 26.0 Å². The van der Waals surface area contributed by atoms with Crippen molar-refractivity contribution in [2.45, 2.75) is 17.4 Å². The van der Waals surface area contributed by atoms with Crippen LogP contribution in [0.2, 0.25) is 0 Å². The highest BCUT2D eigenvalue weighted by molar-refractivity contribution is 7.90. The van der Waals surface area contributed by atoms with Crippen molar-refractivity contribution in [3.63, 3.8) is 0 Å². The minimum absolute atomic E-state index is 0.160. The van der Waals surface area contributed by atoms with Gasteiger partial charge in [-0.25, -0.2) is 0 Å². The zero-order valence-corrected chi connectivity index (χ0v) is 19.3. The first kappa shape index (κ1) is 22.7. The summed E-state index contributed by atoms with van der Waals surface area (Å²) in [5, 5.41) is 6.06. The number of hydrogen-bond donors (Lipinski definition) is 2. The monoisotopic (exact) mass is 462 g/mol. The molecule has 1 aliphatic heterocycles. The molecule has 0 spiro atoms. The third kappa shape index (κ3) is 5.30. The van der Waals surface area contributed by atoms with Crippen LogP contribution in [0.15, 0.2) is 88.2 Å². The van der Waals surface area contributed by atoms with E-state index in [9.17, 15) is 13.2 Å². The molecule has 7 nitrogen and oxygen atoms in total. The second-order valence-corrected chi connectivity index (χ2v) is 9.70. The van der Waals surface area contributed by atoms with Crippen molar-refractivity contribution in [2.24, 2.45) is 4.40 Å². The second-order valence-electron chi connectivity index (χ2n) is 8.13. The number of hydrogen-bond acceptors (Lipinski definition) is 5. The van der Waals surface area contributed by atoms with Crippen LogP contribution < -0.4 is 10.6 Å². The molecule has 1 atom stereocenters. The smallest absolute Gasteiger partial charge is 0.285 e. The number of amides is 1. The maximum absolute atomic E-state index is 12.7. The molecular formula is C25H26N4O3S. The lowest BCUT2D eigenvalue weighted by molar-refractivity contribution is 0.0941. The molecule has 1 unspecified atom stereocenters. The number of carbonyl (C=O) groups excluding carboxylic acids is 1. The Hall–Kier alpha value is -3.49. The van der Waals surface area contributed by atoms with Crippen molar-refractivity contribution >= 4 is 27.5 Å². The van der Waals surface area contributed by atoms with E-state index in [0.29, 0.717) is 23.4 Å². The highest BCUT2D eigenvalue weighted by Crippen LogP contribution is 2.26. The summed E-state index contributed by atoms with van der Waals surface area (Å²) in [4.78, 5) is 15.0. The quantitative estimate of drug-likeness (QED) is 0.563. The minimum Gasteiger partial charge on any atom is -0.350 e. The first-order chi connectivity index (χ1) is 15.8. The zero-order valence-electron chi connectivity index (χ0n) is 18.5. The summed E-state index contributed by atoms with van der Waals surface area (Å²) in [6.07, 6.45) is 0.837. The summed E-state index contributed by atoms with van der Waals surface area (Å²) in [6.45, 7) is 0.520. The molecule has 33 heavy (non-hydrogen) atoms. The molecule has 3 aromatic rings. The Labute approximate surface area is 194 Å². The second kappa shape index (κ2) is 9.56. The fourth-order valence-electron chi connectivity index (χ4n) is 3.67. The van der Waals surface area contributed by atoms with E-state index in [0.717, 1.165) is 6.42 Å². The molecule has 0 radical (unpaired) electrons. The standard InChI is InChI=1S/C25H26N4O3S/c1-29(2)21(16-18-8-4-3-5-9-18)17-26-25(30)19-12-14-20(15-13-19)27-24-22-10-6-7-11-23(22)33(31,32)28-24/h3-15,21H,16-17H2,1-2H3,(H,26,30)(H,27,28). The van der Waals surface area contributed by atoms with E-state index in [4.69, 9.17) is 0 Å². The van der Waals surface area contributed by atoms with Gasteiger partial charge in [0.05, 0.1) is 0 Å². The predicted molar refractivity (Wildman–Crippen MR) is 130 cm³/mol. The van der Waals surface area contributed by atoms with Crippen LogP contribution in [0.25, 0.3) is 0 Å². The van der Waals surface area contributed by atoms with E-state index < -0.39 is 10.0 Å². The summed E-state index contributed by atoms with van der Waals surface area (Å²) in [7, 11) is 0.324. The first-order valence-corrected chi connectivity index (χ1v) is 12.1. The molecule has 0 aromatic heterocycles. The number of nitrogens with one attached hydrogen (secondary N) is 2. The molecule has 0 saturated carbocycles. The van der Waals surface area contributed by atoms with Crippen molar-refractivity contribution < 1.29 is 13.2 Å². The van der Waals surface area contributed by atoms with Crippen LogP contribution >= 0.6 is 0 Å². The van der Waals surface area contributed by atoms with Crippen LogP contribution in [0.3, 0.4) is 0 Å². The van der Waals surface area contributed by atoms with Gasteiger partial charge in [0.1, 0.15) is 4.90 Å². The number of nitrogens with zero attached hydrogens (tertiary/aromatic N) is 2. The summed E-state index contributed by atoms with van der Waals surface area (Å²) in [6, 6.07) is 23.9. The van der Waals surface area contributed by atoms with Gasteiger partial charge in [0.25, 0.3) is 15.9 Å². The van der Waals surface area contributed by atoms with Crippen LogP contribution in [-0.2, 0) is 16.4 Å². The topological polar surface area (TPSA) is 90.9 Å². The Kier molecular flexibility index (Phi) is 6.57. The molecule has 0 aliphatic carbocycles. The van der Waals surface area contributed by atoms with Gasteiger partial charge >= 0.3 is 0 Å². The van der Waals surface area contributed by atoms with Crippen LogP contribution in [0.1, 0.15) is 21.5 Å². The molecule has 8 heteroatoms. The molecule has 3 aromatic carbocycles. The number of rotatable bonds is 7. The number of sulfonamides is 1. The van der Waals surface area contributed by atoms with Gasteiger partial charge in [-0.1, -0.05) is 42.5 Å². The first-order valence-electron chi connectivity index (χ1n) is 10.6. The van der Waals surface area contributed by atoms with Crippen LogP contribution in [0, 0.1) is 0 Å². The molecule has 1 amide bonds. The highest BCUT2D eigenvalue weighted by atomic mass is 32.2. The van der Waals surface area contributed by atoms with Gasteiger partial charge in [0.2, 0.25) is 0 Å². The average molecular weight is 463 g/mol. The lowest BCUT2D eigenvalue weighted by atomic mass is 10.0. The Morgan fingerprint density at radius 2 is 1.61 bits per heavy atom. The van der Waals surface area contributed by atoms with E-state index in [1.54, 1.807) is 42.5 Å². The van der Waals surface area contributed by atoms with E-state index in [1.807, 2.05) is 32.3 Å². The zero-order chi connectivity index (χ0) is 23.4. The summed E-state index contributed by atoms with van der Waals surface area (Å²) in [5.74, 6) is 0.116. The highest BCUT2D eigenvalue weighted by Gasteiger charge is 2.28. The molecule has 0 saturated heterocycles. The van der Waals surface area contributed by atoms with E-state index in [-0.39, 0.29) is 22.7 Å². The maximum atomic E-state index is 12.7. The SMILES string of the molecule is CN(C)C(CNC(=O)c1ccc(NC2=NS(=O)(=O)c3ccccc32)cc1)Cc1ccccc1. The molecule has 1 aliphatic rings. The van der Waals surface area contributed by atoms with Gasteiger partial charge in [-0.3, -0.25) is 4.79 Å². The van der Waals surface area contributed by atoms with Crippen LogP contribution in [0.5, 0.6) is 0 Å². The number of carbonyl (C=O) groups is 1. The minimum atomic E-state index is -3.68. The van der Waals surface area contributed by atoms with Crippen molar-refractivity contribution in [1.29, 1.82) is 0 Å². The van der Waals surface area contributed by atoms with Gasteiger partial charge in [-0.05, 0) is 62.5 Å². The number of benzene rings is 3. The Balaban J connectivity index is 1.38. The van der Waals surface area contributed by atoms with Crippen molar-refractivity contribution in [3.8, 4) is 0 Å². The van der Waals surface area contributed by atoms with Gasteiger partial charge in [0.15, 0.2) is 5.84 Å². The number of likely N-dealkylation sites (N-methyl/N-ethyl adjacent to an activating group) is 1. The van der Waals surface area contributed by atoms with E-state index in [2.05, 4.69) is 32.1 Å². The molecule has 170 valence electrons. The molecule has 2 N–H and O–H groups in total. The summed E-state index contributed by atoms with van der Waals surface area (Å²) < 4.78 is 28.2. The third-order valence-corrected chi connectivity index (χ3v) is 6.92. The Morgan fingerprint density at radius 3 is 2.30 bits per heavy atom. The predicted octanol–water partition coefficient (Wildman–Crippen LogP) is 3.15. The number of anilines is 1. The van der Waals surface area contributed by atoms with Crippen molar-refractivity contribution in [3.05, 3.63) is 95.6 Å². The lowest BCUT2D eigenvalue weighted by Gasteiger charge is -2.24. The fourth-order valence-corrected chi connectivity index (χ4v) is 4.85. The normalized spacial score (nSPS) is 14.9. The lowest BCUT2D eigenvalue weighted by Crippen LogP contribution is -2.41. The summed E-state index contributed by atoms with van der Waals surface area (Å²) in [5.41, 5.74) is 2.93. The van der Waals surface area contributed by atoms with Gasteiger partial charge in [-0.2, -0.15) is 8.42 Å². The Bertz CT molecular complexity index is 1270. The van der Waals surface area contributed by atoms with Gasteiger partial charge < -0.3 is 15.5 Å². The average Bonchev–Trinajstić information content (AvgIpc) is 3.07. The largest absolute Gasteiger partial charge is 0.350 e. The summed E-state index contributed by atoms with van der Waals surface area (Å²) >= 11 is 0. The maximum Gasteiger partial charge on any atom is 0.285 e. The molecule has 4 rings (SSSR count). The van der Waals surface area contributed by atoms with Crippen LogP contribution in [-0.4, -0.2) is 51.7 Å². The molecule has 0 bridgehead atoms. The molecule has 0 fully saturated rings. The Morgan fingerprint density at radius 1 is 0.939 bits per heavy atom. The number of amidine groups is 1. The van der Waals surface area contributed by atoms with E-state index in [1.165, 1.54) is 11.6 Å². The fraction of sp³-hybridized carbons (Fsp3) is 0.200. The van der Waals surface area contributed by atoms with Gasteiger partial charge in [-0.15, -0.1) is 4.40 Å². The molecule has 1 heterocycles. The van der Waals surface area contributed by atoms with Crippen LogP contribution in [0.4, 0.5) is 5.69 Å². The van der Waals surface area contributed by atoms with E-state index >= 15 is 0 Å². The van der Waals surface area contributed by atoms with Crippen molar-refractivity contribution in [1.82, 2.24) is 10.2 Å². The molecular weight excluding hydrogens is 436 g/mol.